The summed E-state index contributed by atoms with van der Waals surface area (Å²) in [6, 6.07) is 3.80. The predicted octanol–water partition coefficient (Wildman–Crippen LogP) is 0.477. The van der Waals surface area contributed by atoms with E-state index in [0.29, 0.717) is 6.42 Å². The number of anilines is 1. The van der Waals surface area contributed by atoms with E-state index in [9.17, 15) is 13.2 Å². The topological polar surface area (TPSA) is 116 Å². The molecular formula is C12H18N2O5S. The van der Waals surface area contributed by atoms with Crippen LogP contribution in [-0.2, 0) is 10.0 Å². The van der Waals surface area contributed by atoms with Gasteiger partial charge in [0.15, 0.2) is 0 Å². The standard InChI is InChI=1S/C12H18N2O5S/c1-2-5-14-20(18,19)9-3-4-11(13-6-7-15)10(8-9)12(16)17/h3-4,8,13-15H,2,5-7H2,1H3,(H,16,17). The summed E-state index contributed by atoms with van der Waals surface area (Å²) in [6.07, 6.45) is 0.640. The van der Waals surface area contributed by atoms with Gasteiger partial charge in [0.25, 0.3) is 0 Å². The molecule has 0 amide bonds. The zero-order valence-corrected chi connectivity index (χ0v) is 11.9. The predicted molar refractivity (Wildman–Crippen MR) is 74.5 cm³/mol. The highest BCUT2D eigenvalue weighted by Gasteiger charge is 2.18. The number of carboxylic acids is 1. The fraction of sp³-hybridized carbons (Fsp3) is 0.417. The molecule has 0 aliphatic carbocycles. The molecule has 0 atom stereocenters. The quantitative estimate of drug-likeness (QED) is 0.555. The van der Waals surface area contributed by atoms with Crippen LogP contribution in [0.4, 0.5) is 5.69 Å². The molecule has 1 aromatic carbocycles. The Hall–Kier alpha value is -1.64. The highest BCUT2D eigenvalue weighted by Crippen LogP contribution is 2.20. The van der Waals surface area contributed by atoms with Crippen molar-refractivity contribution in [3.8, 4) is 0 Å². The van der Waals surface area contributed by atoms with E-state index in [0.717, 1.165) is 6.07 Å². The van der Waals surface area contributed by atoms with Crippen molar-refractivity contribution in [2.75, 3.05) is 25.0 Å². The molecule has 0 radical (unpaired) electrons. The van der Waals surface area contributed by atoms with Crippen LogP contribution >= 0.6 is 0 Å². The minimum Gasteiger partial charge on any atom is -0.478 e. The van der Waals surface area contributed by atoms with Gasteiger partial charge in [-0.2, -0.15) is 0 Å². The van der Waals surface area contributed by atoms with Crippen molar-refractivity contribution in [1.82, 2.24) is 4.72 Å². The SMILES string of the molecule is CCCNS(=O)(=O)c1ccc(NCCO)c(C(=O)O)c1. The highest BCUT2D eigenvalue weighted by atomic mass is 32.2. The number of nitrogens with one attached hydrogen (secondary N) is 2. The van der Waals surface area contributed by atoms with Crippen LogP contribution in [0.15, 0.2) is 23.1 Å². The van der Waals surface area contributed by atoms with E-state index in [1.807, 2.05) is 6.92 Å². The molecule has 0 aromatic heterocycles. The molecule has 1 aromatic rings. The maximum absolute atomic E-state index is 11.9. The Balaban J connectivity index is 3.13. The van der Waals surface area contributed by atoms with Gasteiger partial charge in [-0.05, 0) is 24.6 Å². The zero-order valence-electron chi connectivity index (χ0n) is 11.1. The number of carboxylic acid groups (broad SMARTS) is 1. The van der Waals surface area contributed by atoms with Crippen molar-refractivity contribution < 1.29 is 23.4 Å². The molecule has 0 aliphatic heterocycles. The Labute approximate surface area is 117 Å². The summed E-state index contributed by atoms with van der Waals surface area (Å²) in [7, 11) is -3.71. The number of rotatable bonds is 8. The summed E-state index contributed by atoms with van der Waals surface area (Å²) in [4.78, 5) is 11.1. The molecule has 0 unspecified atom stereocenters. The van der Waals surface area contributed by atoms with Crippen LogP contribution < -0.4 is 10.0 Å². The molecule has 112 valence electrons. The molecule has 1 rings (SSSR count). The molecular weight excluding hydrogens is 284 g/mol. The Kier molecular flexibility index (Phi) is 5.93. The van der Waals surface area contributed by atoms with Gasteiger partial charge in [-0.3, -0.25) is 0 Å². The number of aliphatic hydroxyl groups is 1. The summed E-state index contributed by atoms with van der Waals surface area (Å²) in [5.74, 6) is -1.24. The van der Waals surface area contributed by atoms with E-state index in [4.69, 9.17) is 10.2 Å². The van der Waals surface area contributed by atoms with Crippen LogP contribution in [0.5, 0.6) is 0 Å². The molecule has 4 N–H and O–H groups in total. The Morgan fingerprint density at radius 1 is 1.30 bits per heavy atom. The van der Waals surface area contributed by atoms with Crippen molar-refractivity contribution in [2.45, 2.75) is 18.2 Å². The van der Waals surface area contributed by atoms with Gasteiger partial charge in [0, 0.05) is 18.8 Å². The largest absolute Gasteiger partial charge is 0.478 e. The van der Waals surface area contributed by atoms with Gasteiger partial charge in [-0.25, -0.2) is 17.9 Å². The number of carbonyl (C=O) groups is 1. The molecule has 8 heteroatoms. The molecule has 0 spiro atoms. The lowest BCUT2D eigenvalue weighted by atomic mass is 10.2. The molecule has 0 heterocycles. The third-order valence-corrected chi connectivity index (χ3v) is 3.96. The molecule has 0 aliphatic rings. The van der Waals surface area contributed by atoms with Gasteiger partial charge in [-0.15, -0.1) is 0 Å². The summed E-state index contributed by atoms with van der Waals surface area (Å²) in [6.45, 7) is 2.14. The van der Waals surface area contributed by atoms with Crippen molar-refractivity contribution in [1.29, 1.82) is 0 Å². The summed E-state index contributed by atoms with van der Waals surface area (Å²) >= 11 is 0. The maximum atomic E-state index is 11.9. The van der Waals surface area contributed by atoms with E-state index in [-0.39, 0.29) is 35.8 Å². The van der Waals surface area contributed by atoms with E-state index in [1.54, 1.807) is 0 Å². The molecule has 20 heavy (non-hydrogen) atoms. The van der Waals surface area contributed by atoms with Crippen LogP contribution in [0.3, 0.4) is 0 Å². The van der Waals surface area contributed by atoms with Gasteiger partial charge in [0.05, 0.1) is 17.1 Å². The Bertz CT molecular complexity index is 571. The van der Waals surface area contributed by atoms with Crippen molar-refractivity contribution >= 4 is 21.7 Å². The summed E-state index contributed by atoms with van der Waals surface area (Å²) < 4.78 is 26.2. The van der Waals surface area contributed by atoms with Crippen LogP contribution in [-0.4, -0.2) is 44.3 Å². The number of hydrogen-bond acceptors (Lipinski definition) is 5. The lowest BCUT2D eigenvalue weighted by Gasteiger charge is -2.11. The molecule has 0 saturated heterocycles. The van der Waals surface area contributed by atoms with Crippen LogP contribution in [0.1, 0.15) is 23.7 Å². The first kappa shape index (κ1) is 16.4. The van der Waals surface area contributed by atoms with Gasteiger partial charge in [0.1, 0.15) is 0 Å². The second-order valence-corrected chi connectivity index (χ2v) is 5.83. The van der Waals surface area contributed by atoms with Gasteiger partial charge < -0.3 is 15.5 Å². The lowest BCUT2D eigenvalue weighted by Crippen LogP contribution is -2.24. The monoisotopic (exact) mass is 302 g/mol. The first-order valence-corrected chi connectivity index (χ1v) is 7.62. The number of aromatic carboxylic acids is 1. The van der Waals surface area contributed by atoms with E-state index >= 15 is 0 Å². The fourth-order valence-corrected chi connectivity index (χ4v) is 2.69. The number of aliphatic hydroxyl groups excluding tert-OH is 1. The minimum atomic E-state index is -3.71. The van der Waals surface area contributed by atoms with Crippen LogP contribution in [0.25, 0.3) is 0 Å². The van der Waals surface area contributed by atoms with E-state index < -0.39 is 16.0 Å². The van der Waals surface area contributed by atoms with Crippen molar-refractivity contribution in [3.05, 3.63) is 23.8 Å². The molecule has 0 bridgehead atoms. The second kappa shape index (κ2) is 7.22. The first-order chi connectivity index (χ1) is 9.42. The molecule has 0 saturated carbocycles. The first-order valence-electron chi connectivity index (χ1n) is 6.14. The third kappa shape index (κ3) is 4.19. The maximum Gasteiger partial charge on any atom is 0.337 e. The average Bonchev–Trinajstić information content (AvgIpc) is 2.42. The average molecular weight is 302 g/mol. The fourth-order valence-electron chi connectivity index (χ4n) is 1.53. The van der Waals surface area contributed by atoms with Crippen molar-refractivity contribution in [3.63, 3.8) is 0 Å². The minimum absolute atomic E-state index is 0.0992. The van der Waals surface area contributed by atoms with Crippen LogP contribution in [0, 0.1) is 0 Å². The van der Waals surface area contributed by atoms with Crippen LogP contribution in [0.2, 0.25) is 0 Å². The van der Waals surface area contributed by atoms with Gasteiger partial charge >= 0.3 is 5.97 Å². The number of sulfonamides is 1. The molecule has 0 fully saturated rings. The Morgan fingerprint density at radius 3 is 2.55 bits per heavy atom. The number of hydrogen-bond donors (Lipinski definition) is 4. The normalized spacial score (nSPS) is 11.3. The highest BCUT2D eigenvalue weighted by molar-refractivity contribution is 7.89. The summed E-state index contributed by atoms with van der Waals surface area (Å²) in [5, 5.41) is 20.6. The molecule has 7 nitrogen and oxygen atoms in total. The second-order valence-electron chi connectivity index (χ2n) is 4.06. The Morgan fingerprint density at radius 2 is 2.00 bits per heavy atom. The summed E-state index contributed by atoms with van der Waals surface area (Å²) in [5.41, 5.74) is 0.110. The van der Waals surface area contributed by atoms with Gasteiger partial charge in [0.2, 0.25) is 10.0 Å². The number of benzene rings is 1. The van der Waals surface area contributed by atoms with Gasteiger partial charge in [-0.1, -0.05) is 6.92 Å². The van der Waals surface area contributed by atoms with Crippen molar-refractivity contribution in [2.24, 2.45) is 0 Å². The van der Waals surface area contributed by atoms with E-state index in [1.165, 1.54) is 12.1 Å². The lowest BCUT2D eigenvalue weighted by molar-refractivity contribution is 0.0697. The third-order valence-electron chi connectivity index (χ3n) is 2.50. The smallest absolute Gasteiger partial charge is 0.337 e. The zero-order chi connectivity index (χ0) is 15.2. The van der Waals surface area contributed by atoms with E-state index in [2.05, 4.69) is 10.0 Å².